The largest absolute Gasteiger partial charge is 0.280 e. The number of rotatable bonds is 3. The number of hydrogen-bond acceptors (Lipinski definition) is 1. The van der Waals surface area contributed by atoms with E-state index in [1.807, 2.05) is 13.8 Å². The Morgan fingerprint density at radius 2 is 2.11 bits per heavy atom. The maximum Gasteiger partial charge on any atom is 0.235 e. The van der Waals surface area contributed by atoms with E-state index in [0.717, 1.165) is 6.42 Å². The summed E-state index contributed by atoms with van der Waals surface area (Å²) < 4.78 is 0. The summed E-state index contributed by atoms with van der Waals surface area (Å²) in [6.45, 7) is 4.10. The van der Waals surface area contributed by atoms with Gasteiger partial charge in [0.15, 0.2) is 0 Å². The Balaban J connectivity index is 3.50. The first kappa shape index (κ1) is 9.44. The van der Waals surface area contributed by atoms with Crippen molar-refractivity contribution in [3.63, 3.8) is 0 Å². The number of hydrogen-bond donors (Lipinski definition) is 0. The zero-order valence-corrected chi connectivity index (χ0v) is 7.87. The van der Waals surface area contributed by atoms with Crippen LogP contribution < -0.4 is 0 Å². The first-order valence-corrected chi connectivity index (χ1v) is 4.16. The Bertz CT molecular complexity index is 103. The van der Waals surface area contributed by atoms with Crippen molar-refractivity contribution >= 4 is 32.8 Å². The third-order valence-electron chi connectivity index (χ3n) is 0.925. The van der Waals surface area contributed by atoms with Crippen LogP contribution in [0.25, 0.3) is 0 Å². The number of carbonyl (C=O) groups is 1. The molecule has 1 nitrogen and oxygen atoms in total. The van der Waals surface area contributed by atoms with Gasteiger partial charge in [-0.1, -0.05) is 29.8 Å². The Morgan fingerprint density at radius 1 is 1.67 bits per heavy atom. The van der Waals surface area contributed by atoms with Crippen molar-refractivity contribution in [1.29, 1.82) is 0 Å². The van der Waals surface area contributed by atoms with Crippen LogP contribution >= 0.6 is 27.5 Å². The molecule has 0 saturated carbocycles. The van der Waals surface area contributed by atoms with Gasteiger partial charge in [-0.15, -0.1) is 0 Å². The molecule has 0 aromatic rings. The molecule has 9 heavy (non-hydrogen) atoms. The molecule has 0 rings (SSSR count). The Labute approximate surface area is 68.9 Å². The van der Waals surface area contributed by atoms with Crippen LogP contribution in [-0.4, -0.2) is 10.1 Å². The molecule has 0 aromatic heterocycles. The summed E-state index contributed by atoms with van der Waals surface area (Å²) >= 11 is 8.35. The lowest BCUT2D eigenvalue weighted by atomic mass is 10.1. The van der Waals surface area contributed by atoms with Gasteiger partial charge in [0, 0.05) is 0 Å². The standard InChI is InChI=1S/C6H10BrClO/c1-4(2)3-5(7)6(8)9/h4-5H,3H2,1-2H3. The molecule has 0 spiro atoms. The van der Waals surface area contributed by atoms with Crippen molar-refractivity contribution in [2.75, 3.05) is 0 Å². The van der Waals surface area contributed by atoms with Crippen LogP contribution in [0.3, 0.4) is 0 Å². The maximum atomic E-state index is 10.4. The average molecular weight is 214 g/mol. The molecule has 0 aromatic carbocycles. The Morgan fingerprint density at radius 3 is 2.22 bits per heavy atom. The molecule has 0 N–H and O–H groups in total. The maximum absolute atomic E-state index is 10.4. The summed E-state index contributed by atoms with van der Waals surface area (Å²) in [7, 11) is 0. The van der Waals surface area contributed by atoms with E-state index in [-0.39, 0.29) is 10.1 Å². The third-order valence-corrected chi connectivity index (χ3v) is 2.24. The van der Waals surface area contributed by atoms with Crippen molar-refractivity contribution in [3.8, 4) is 0 Å². The van der Waals surface area contributed by atoms with Gasteiger partial charge in [-0.3, -0.25) is 4.79 Å². The Hall–Kier alpha value is 0.440. The van der Waals surface area contributed by atoms with Crippen LogP contribution in [0.2, 0.25) is 0 Å². The summed E-state index contributed by atoms with van der Waals surface area (Å²) in [5.41, 5.74) is 0. The quantitative estimate of drug-likeness (QED) is 0.520. The second kappa shape index (κ2) is 4.29. The second-order valence-corrected chi connectivity index (χ2v) is 3.88. The summed E-state index contributed by atoms with van der Waals surface area (Å²) in [4.78, 5) is 10.2. The van der Waals surface area contributed by atoms with E-state index in [1.54, 1.807) is 0 Å². The highest BCUT2D eigenvalue weighted by Crippen LogP contribution is 2.14. The minimum absolute atomic E-state index is 0.167. The molecule has 0 saturated heterocycles. The van der Waals surface area contributed by atoms with Crippen molar-refractivity contribution in [3.05, 3.63) is 0 Å². The predicted molar refractivity (Wildman–Crippen MR) is 43.0 cm³/mol. The molecule has 0 aliphatic heterocycles. The van der Waals surface area contributed by atoms with Gasteiger partial charge in [0.1, 0.15) is 0 Å². The van der Waals surface area contributed by atoms with Crippen molar-refractivity contribution in [2.45, 2.75) is 25.1 Å². The molecule has 3 heteroatoms. The molecular weight excluding hydrogens is 203 g/mol. The van der Waals surface area contributed by atoms with Gasteiger partial charge < -0.3 is 0 Å². The third kappa shape index (κ3) is 4.91. The number of halogens is 2. The van der Waals surface area contributed by atoms with Gasteiger partial charge in [-0.25, -0.2) is 0 Å². The SMILES string of the molecule is CC(C)CC(Br)C(=O)Cl. The second-order valence-electron chi connectivity index (χ2n) is 2.40. The van der Waals surface area contributed by atoms with Crippen molar-refractivity contribution in [1.82, 2.24) is 0 Å². The summed E-state index contributed by atoms with van der Waals surface area (Å²) in [6, 6.07) is 0. The predicted octanol–water partition coefficient (Wildman–Crippen LogP) is 2.56. The van der Waals surface area contributed by atoms with E-state index in [1.165, 1.54) is 0 Å². The minimum Gasteiger partial charge on any atom is -0.280 e. The molecule has 54 valence electrons. The fourth-order valence-electron chi connectivity index (χ4n) is 0.507. The zero-order valence-electron chi connectivity index (χ0n) is 5.53. The molecule has 0 heterocycles. The lowest BCUT2D eigenvalue weighted by Crippen LogP contribution is -2.09. The van der Waals surface area contributed by atoms with Crippen LogP contribution in [0.15, 0.2) is 0 Å². The summed E-state index contributed by atoms with van der Waals surface area (Å²) in [6.07, 6.45) is 0.808. The number of carbonyl (C=O) groups excluding carboxylic acids is 1. The molecule has 0 aliphatic rings. The van der Waals surface area contributed by atoms with Crippen molar-refractivity contribution < 1.29 is 4.79 Å². The lowest BCUT2D eigenvalue weighted by Gasteiger charge is -2.05. The molecule has 0 bridgehead atoms. The van der Waals surface area contributed by atoms with Crippen LogP contribution in [-0.2, 0) is 4.79 Å². The van der Waals surface area contributed by atoms with Crippen LogP contribution in [0.1, 0.15) is 20.3 Å². The topological polar surface area (TPSA) is 17.1 Å². The van der Waals surface area contributed by atoms with Gasteiger partial charge in [0.25, 0.3) is 0 Å². The molecule has 0 amide bonds. The van der Waals surface area contributed by atoms with Gasteiger partial charge in [-0.05, 0) is 23.9 Å². The molecule has 1 unspecified atom stereocenters. The molecule has 0 fully saturated rings. The van der Waals surface area contributed by atoms with E-state index in [4.69, 9.17) is 11.6 Å². The highest BCUT2D eigenvalue weighted by molar-refractivity contribution is 9.10. The zero-order chi connectivity index (χ0) is 7.44. The van der Waals surface area contributed by atoms with E-state index in [0.29, 0.717) is 5.92 Å². The van der Waals surface area contributed by atoms with Crippen molar-refractivity contribution in [2.24, 2.45) is 5.92 Å². The lowest BCUT2D eigenvalue weighted by molar-refractivity contribution is -0.111. The highest BCUT2D eigenvalue weighted by atomic mass is 79.9. The highest BCUT2D eigenvalue weighted by Gasteiger charge is 2.12. The first-order chi connectivity index (χ1) is 4.04. The normalized spacial score (nSPS) is 13.9. The fraction of sp³-hybridized carbons (Fsp3) is 0.833. The van der Waals surface area contributed by atoms with Gasteiger partial charge in [-0.2, -0.15) is 0 Å². The van der Waals surface area contributed by atoms with Gasteiger partial charge in [0.05, 0.1) is 4.83 Å². The monoisotopic (exact) mass is 212 g/mol. The first-order valence-electron chi connectivity index (χ1n) is 2.87. The van der Waals surface area contributed by atoms with E-state index >= 15 is 0 Å². The Kier molecular flexibility index (Phi) is 4.50. The average Bonchev–Trinajstić information content (AvgIpc) is 1.63. The van der Waals surface area contributed by atoms with E-state index < -0.39 is 0 Å². The number of alkyl halides is 1. The smallest absolute Gasteiger partial charge is 0.235 e. The van der Waals surface area contributed by atoms with Gasteiger partial charge in [0.2, 0.25) is 5.24 Å². The molecular formula is C6H10BrClO. The van der Waals surface area contributed by atoms with Crippen LogP contribution in [0, 0.1) is 5.92 Å². The van der Waals surface area contributed by atoms with Crippen LogP contribution in [0.4, 0.5) is 0 Å². The minimum atomic E-state index is -0.302. The molecule has 1 atom stereocenters. The summed E-state index contributed by atoms with van der Waals surface area (Å²) in [5, 5.41) is -0.302. The van der Waals surface area contributed by atoms with E-state index in [2.05, 4.69) is 15.9 Å². The summed E-state index contributed by atoms with van der Waals surface area (Å²) in [5.74, 6) is 0.511. The van der Waals surface area contributed by atoms with Crippen LogP contribution in [0.5, 0.6) is 0 Å². The van der Waals surface area contributed by atoms with E-state index in [9.17, 15) is 4.79 Å². The molecule has 0 radical (unpaired) electrons. The van der Waals surface area contributed by atoms with Gasteiger partial charge >= 0.3 is 0 Å². The fourth-order valence-corrected chi connectivity index (χ4v) is 1.34. The molecule has 0 aliphatic carbocycles.